The van der Waals surface area contributed by atoms with E-state index in [1.54, 1.807) is 11.0 Å². The molecule has 0 radical (unpaired) electrons. The van der Waals surface area contributed by atoms with Crippen molar-refractivity contribution in [2.75, 3.05) is 28.2 Å². The Kier molecular flexibility index (Phi) is 5.64. The lowest BCUT2D eigenvalue weighted by atomic mass is 10.2. The number of thioether (sulfide) groups is 1. The van der Waals surface area contributed by atoms with Gasteiger partial charge in [0.25, 0.3) is 11.5 Å². The molecule has 3 heterocycles. The van der Waals surface area contributed by atoms with Crippen molar-refractivity contribution in [2.45, 2.75) is 11.6 Å². The van der Waals surface area contributed by atoms with Crippen LogP contribution in [0.5, 0.6) is 0 Å². The van der Waals surface area contributed by atoms with Crippen LogP contribution in [0.1, 0.15) is 16.1 Å². The topological polar surface area (TPSA) is 134 Å². The summed E-state index contributed by atoms with van der Waals surface area (Å²) in [6, 6.07) is 10.8. The monoisotopic (exact) mass is 489 g/mol. The zero-order chi connectivity index (χ0) is 21.3. The number of fused-ring (bicyclic) bond motifs is 1. The van der Waals surface area contributed by atoms with Gasteiger partial charge in [0.2, 0.25) is 5.91 Å². The molecule has 0 bridgehead atoms. The Balaban J connectivity index is 1.43. The summed E-state index contributed by atoms with van der Waals surface area (Å²) in [6.07, 6.45) is 0.815. The average Bonchev–Trinajstić information content (AvgIpc) is 3.35. The van der Waals surface area contributed by atoms with E-state index < -0.39 is 11.5 Å². The lowest BCUT2D eigenvalue weighted by molar-refractivity contribution is -0.116. The summed E-state index contributed by atoms with van der Waals surface area (Å²) in [7, 11) is 0. The maximum Gasteiger partial charge on any atom is 0.291 e. The number of carbonyl (C=O) groups is 2. The van der Waals surface area contributed by atoms with Gasteiger partial charge in [-0.2, -0.15) is 0 Å². The van der Waals surface area contributed by atoms with Gasteiger partial charge in [-0.1, -0.05) is 30.0 Å². The van der Waals surface area contributed by atoms with E-state index in [0.717, 1.165) is 29.4 Å². The summed E-state index contributed by atoms with van der Waals surface area (Å²) < 4.78 is 5.52. The van der Waals surface area contributed by atoms with Crippen LogP contribution in [-0.4, -0.2) is 34.1 Å². The number of carbonyl (C=O) groups excluding carboxylic acids is 2. The lowest BCUT2D eigenvalue weighted by Crippen LogP contribution is -2.30. The Bertz CT molecular complexity index is 1190. The Labute approximate surface area is 183 Å². The van der Waals surface area contributed by atoms with Crippen molar-refractivity contribution in [2.24, 2.45) is 0 Å². The Morgan fingerprint density at radius 1 is 1.30 bits per heavy atom. The van der Waals surface area contributed by atoms with Crippen molar-refractivity contribution in [3.63, 3.8) is 0 Å². The minimum Gasteiger partial charge on any atom is -0.444 e. The van der Waals surface area contributed by atoms with Crippen LogP contribution in [0.2, 0.25) is 0 Å². The Hall–Kier alpha value is -3.05. The van der Waals surface area contributed by atoms with Gasteiger partial charge in [-0.15, -0.1) is 0 Å². The number of aromatic amines is 1. The van der Waals surface area contributed by atoms with Crippen molar-refractivity contribution in [3.8, 4) is 0 Å². The van der Waals surface area contributed by atoms with Gasteiger partial charge in [0, 0.05) is 12.2 Å². The normalized spacial score (nSPS) is 12.6. The number of anilines is 3. The Morgan fingerprint density at radius 2 is 2.10 bits per heavy atom. The highest BCUT2D eigenvalue weighted by atomic mass is 79.9. The van der Waals surface area contributed by atoms with Gasteiger partial charge < -0.3 is 20.4 Å². The molecular formula is C19H16BrN5O4S. The third kappa shape index (κ3) is 4.12. The number of H-pyrrole nitrogens is 1. The van der Waals surface area contributed by atoms with E-state index in [1.165, 1.54) is 6.07 Å². The molecule has 0 spiro atoms. The highest BCUT2D eigenvalue weighted by molar-refractivity contribution is 9.10. The molecule has 4 N–H and O–H groups in total. The standard InChI is InChI=1S/C19H16BrN5O4S/c20-13-6-5-12(29-13)17(27)22-15-16(21)23-19(24-18(15)28)30-9-14(26)25-8-7-10-3-1-2-4-11(10)25/h1-6H,7-9H2,(H,22,27)(H3,21,23,24,28). The first-order valence-electron chi connectivity index (χ1n) is 8.90. The number of amides is 2. The van der Waals surface area contributed by atoms with Gasteiger partial charge >= 0.3 is 0 Å². The van der Waals surface area contributed by atoms with Gasteiger partial charge in [0.1, 0.15) is 0 Å². The van der Waals surface area contributed by atoms with Gasteiger partial charge in [-0.3, -0.25) is 19.4 Å². The quantitative estimate of drug-likeness (QED) is 0.370. The second kappa shape index (κ2) is 8.36. The van der Waals surface area contributed by atoms with Gasteiger partial charge in [-0.25, -0.2) is 4.98 Å². The number of nitrogens with two attached hydrogens (primary N) is 1. The molecule has 154 valence electrons. The van der Waals surface area contributed by atoms with Crippen LogP contribution in [0.4, 0.5) is 17.2 Å². The molecule has 4 rings (SSSR count). The van der Waals surface area contributed by atoms with E-state index in [4.69, 9.17) is 10.2 Å². The Morgan fingerprint density at radius 3 is 2.83 bits per heavy atom. The number of nitrogen functional groups attached to an aromatic ring is 1. The van der Waals surface area contributed by atoms with E-state index in [0.29, 0.717) is 11.2 Å². The van der Waals surface area contributed by atoms with Gasteiger partial charge in [0.05, 0.1) is 5.75 Å². The molecule has 1 aliphatic rings. The molecule has 1 aliphatic heterocycles. The number of aromatic nitrogens is 2. The fraction of sp³-hybridized carbons (Fsp3) is 0.158. The zero-order valence-corrected chi connectivity index (χ0v) is 17.9. The molecule has 2 aromatic heterocycles. The fourth-order valence-corrected chi connectivity index (χ4v) is 4.13. The predicted molar refractivity (Wildman–Crippen MR) is 117 cm³/mol. The second-order valence-electron chi connectivity index (χ2n) is 6.40. The maximum absolute atomic E-state index is 12.6. The van der Waals surface area contributed by atoms with Crippen molar-refractivity contribution < 1.29 is 14.0 Å². The number of nitrogens with one attached hydrogen (secondary N) is 2. The number of halogens is 1. The highest BCUT2D eigenvalue weighted by Gasteiger charge is 2.24. The van der Waals surface area contributed by atoms with E-state index >= 15 is 0 Å². The average molecular weight is 490 g/mol. The molecule has 30 heavy (non-hydrogen) atoms. The summed E-state index contributed by atoms with van der Waals surface area (Å²) in [6.45, 7) is 0.624. The third-order valence-corrected chi connectivity index (χ3v) is 5.77. The molecule has 0 unspecified atom stereocenters. The molecular weight excluding hydrogens is 474 g/mol. The first kappa shape index (κ1) is 20.2. The number of para-hydroxylation sites is 1. The zero-order valence-electron chi connectivity index (χ0n) is 15.5. The van der Waals surface area contributed by atoms with Crippen LogP contribution in [0, 0.1) is 0 Å². The number of hydrogen-bond acceptors (Lipinski definition) is 7. The molecule has 0 saturated heterocycles. The molecule has 0 fully saturated rings. The molecule has 0 atom stereocenters. The van der Waals surface area contributed by atoms with Gasteiger partial charge in [0.15, 0.2) is 27.1 Å². The number of hydrogen-bond donors (Lipinski definition) is 3. The summed E-state index contributed by atoms with van der Waals surface area (Å²) in [5.41, 5.74) is 7.09. The smallest absolute Gasteiger partial charge is 0.291 e. The number of furan rings is 1. The van der Waals surface area contributed by atoms with Crippen LogP contribution in [-0.2, 0) is 11.2 Å². The van der Waals surface area contributed by atoms with E-state index in [9.17, 15) is 14.4 Å². The molecule has 0 saturated carbocycles. The van der Waals surface area contributed by atoms with Crippen molar-refractivity contribution in [3.05, 3.63) is 62.7 Å². The molecule has 2 amide bonds. The summed E-state index contributed by atoms with van der Waals surface area (Å²) in [5, 5.41) is 2.58. The first-order chi connectivity index (χ1) is 14.4. The minimum absolute atomic E-state index is 0.00983. The number of nitrogens with zero attached hydrogens (tertiary/aromatic N) is 2. The van der Waals surface area contributed by atoms with Crippen molar-refractivity contribution in [1.29, 1.82) is 0 Å². The van der Waals surface area contributed by atoms with Crippen LogP contribution in [0.25, 0.3) is 0 Å². The summed E-state index contributed by atoms with van der Waals surface area (Å²) >= 11 is 4.17. The summed E-state index contributed by atoms with van der Waals surface area (Å²) in [5.74, 6) is -0.784. The molecule has 1 aromatic carbocycles. The van der Waals surface area contributed by atoms with E-state index in [1.807, 2.05) is 24.3 Å². The van der Waals surface area contributed by atoms with Crippen LogP contribution in [0.15, 0.2) is 55.4 Å². The number of benzene rings is 1. The first-order valence-corrected chi connectivity index (χ1v) is 10.7. The molecule has 0 aliphatic carbocycles. The minimum atomic E-state index is -0.636. The third-order valence-electron chi connectivity index (χ3n) is 4.48. The van der Waals surface area contributed by atoms with Crippen LogP contribution < -0.4 is 21.5 Å². The lowest BCUT2D eigenvalue weighted by Gasteiger charge is -2.16. The number of rotatable bonds is 5. The second-order valence-corrected chi connectivity index (χ2v) is 8.15. The van der Waals surface area contributed by atoms with Crippen molar-refractivity contribution >= 4 is 56.7 Å². The van der Waals surface area contributed by atoms with E-state index in [-0.39, 0.29) is 34.1 Å². The molecule has 9 nitrogen and oxygen atoms in total. The predicted octanol–water partition coefficient (Wildman–Crippen LogP) is 2.64. The van der Waals surface area contributed by atoms with Gasteiger partial charge in [-0.05, 0) is 46.1 Å². The largest absolute Gasteiger partial charge is 0.444 e. The van der Waals surface area contributed by atoms with Crippen molar-refractivity contribution in [1.82, 2.24) is 9.97 Å². The maximum atomic E-state index is 12.6. The van der Waals surface area contributed by atoms with Crippen LogP contribution >= 0.6 is 27.7 Å². The molecule has 3 aromatic rings. The fourth-order valence-electron chi connectivity index (χ4n) is 3.08. The summed E-state index contributed by atoms with van der Waals surface area (Å²) in [4.78, 5) is 45.5. The highest BCUT2D eigenvalue weighted by Crippen LogP contribution is 2.28. The van der Waals surface area contributed by atoms with Crippen LogP contribution in [0.3, 0.4) is 0 Å². The van der Waals surface area contributed by atoms with E-state index in [2.05, 4.69) is 31.2 Å². The SMILES string of the molecule is Nc1nc(SCC(=O)N2CCc3ccccc32)[nH]c(=O)c1NC(=O)c1ccc(Br)o1. The molecule has 11 heteroatoms.